The van der Waals surface area contributed by atoms with Gasteiger partial charge in [0.25, 0.3) is 10.1 Å². The molecule has 1 amide bonds. The Morgan fingerprint density at radius 3 is 2.21 bits per heavy atom. The molecule has 0 aliphatic carbocycles. The molecule has 1 aromatic carbocycles. The first kappa shape index (κ1) is 30.2. The molecule has 208 valence electrons. The molecule has 0 bridgehead atoms. The zero-order valence-corrected chi connectivity index (χ0v) is 21.0. The first-order chi connectivity index (χ1) is 17.6. The molecule has 1 atom stereocenters. The fraction of sp³-hybridized carbons (Fsp3) is 0.409. The van der Waals surface area contributed by atoms with Gasteiger partial charge < -0.3 is 30.8 Å². The van der Waals surface area contributed by atoms with Crippen molar-refractivity contribution in [2.24, 2.45) is 0 Å². The number of carboxylic acids is 3. The monoisotopic (exact) mass is 557 g/mol. The lowest BCUT2D eigenvalue weighted by Gasteiger charge is -2.25. The van der Waals surface area contributed by atoms with Crippen LogP contribution in [0.1, 0.15) is 30.4 Å². The Hall–Kier alpha value is -4.02. The molecule has 0 aliphatic rings. The standard InChI is InChI=1S/C22H27N3O12S/c1-11-12-6-17(38(34,35)36)14(23)8-16(12)37-22(33)13(11)7-18(26)24-5-3-2-4-15(21(31)32)25(9-19(27)28)10-20(29)30/h6,8,15H,2-5,7,9-10,23H2,1H3,(H,24,26)(H,27,28)(H,29,30)(H,31,32)(H,34,35,36). The zero-order chi connectivity index (χ0) is 28.8. The van der Waals surface area contributed by atoms with Crippen LogP contribution in [0, 0.1) is 6.92 Å². The number of nitrogens with one attached hydrogen (secondary N) is 1. The summed E-state index contributed by atoms with van der Waals surface area (Å²) in [7, 11) is -4.66. The van der Waals surface area contributed by atoms with Crippen LogP contribution in [0.2, 0.25) is 0 Å². The third-order valence-electron chi connectivity index (χ3n) is 5.66. The topological polar surface area (TPSA) is 255 Å². The van der Waals surface area contributed by atoms with E-state index in [2.05, 4.69) is 5.32 Å². The molecular weight excluding hydrogens is 530 g/mol. The second kappa shape index (κ2) is 12.5. The van der Waals surface area contributed by atoms with Crippen molar-refractivity contribution in [1.29, 1.82) is 0 Å². The largest absolute Gasteiger partial charge is 0.480 e. The number of hydrogen-bond donors (Lipinski definition) is 6. The molecule has 38 heavy (non-hydrogen) atoms. The zero-order valence-electron chi connectivity index (χ0n) is 20.2. The molecule has 2 rings (SSSR count). The minimum atomic E-state index is -4.66. The van der Waals surface area contributed by atoms with Crippen molar-refractivity contribution in [2.45, 2.75) is 43.5 Å². The van der Waals surface area contributed by atoms with Crippen molar-refractivity contribution in [2.75, 3.05) is 25.4 Å². The highest BCUT2D eigenvalue weighted by atomic mass is 32.2. The summed E-state index contributed by atoms with van der Waals surface area (Å²) in [5, 5.41) is 30.0. The number of anilines is 1. The molecule has 0 aliphatic heterocycles. The summed E-state index contributed by atoms with van der Waals surface area (Å²) in [6.45, 7) is 0.000332. The van der Waals surface area contributed by atoms with Crippen molar-refractivity contribution in [3.63, 3.8) is 0 Å². The average molecular weight is 558 g/mol. The highest BCUT2D eigenvalue weighted by molar-refractivity contribution is 7.86. The molecule has 1 heterocycles. The molecule has 0 saturated carbocycles. The molecule has 0 fully saturated rings. The Kier molecular flexibility index (Phi) is 9.92. The Morgan fingerprint density at radius 2 is 1.68 bits per heavy atom. The number of fused-ring (bicyclic) bond motifs is 1. The van der Waals surface area contributed by atoms with Crippen molar-refractivity contribution in [3.05, 3.63) is 33.7 Å². The fourth-order valence-corrected chi connectivity index (χ4v) is 4.48. The van der Waals surface area contributed by atoms with E-state index in [0.717, 1.165) is 17.0 Å². The van der Waals surface area contributed by atoms with Crippen molar-refractivity contribution < 1.29 is 51.9 Å². The molecule has 1 aromatic heterocycles. The Labute approximate surface area is 215 Å². The van der Waals surface area contributed by atoms with Gasteiger partial charge in [-0.2, -0.15) is 8.42 Å². The number of nitrogen functional groups attached to an aromatic ring is 1. The molecule has 0 radical (unpaired) electrons. The predicted molar refractivity (Wildman–Crippen MR) is 130 cm³/mol. The van der Waals surface area contributed by atoms with E-state index in [-0.39, 0.29) is 53.6 Å². The number of benzene rings is 1. The summed E-state index contributed by atoms with van der Waals surface area (Å²) in [6.07, 6.45) is -0.00737. The van der Waals surface area contributed by atoms with E-state index in [1.807, 2.05) is 0 Å². The highest BCUT2D eigenvalue weighted by Crippen LogP contribution is 2.28. The van der Waals surface area contributed by atoms with Crippen LogP contribution in [0.4, 0.5) is 5.69 Å². The normalized spacial score (nSPS) is 12.4. The van der Waals surface area contributed by atoms with Gasteiger partial charge in [-0.3, -0.25) is 28.6 Å². The van der Waals surface area contributed by atoms with Crippen molar-refractivity contribution in [3.8, 4) is 0 Å². The summed E-state index contributed by atoms with van der Waals surface area (Å²) >= 11 is 0. The lowest BCUT2D eigenvalue weighted by molar-refractivity contribution is -0.149. The minimum absolute atomic E-state index is 0.0330. The number of nitrogens with zero attached hydrogens (tertiary/aromatic N) is 1. The molecule has 0 saturated heterocycles. The summed E-state index contributed by atoms with van der Waals surface area (Å²) in [5.41, 5.74) is 4.61. The number of aliphatic carboxylic acids is 3. The molecule has 7 N–H and O–H groups in total. The van der Waals surface area contributed by atoms with E-state index in [0.29, 0.717) is 0 Å². The van der Waals surface area contributed by atoms with Gasteiger partial charge >= 0.3 is 23.5 Å². The smallest absolute Gasteiger partial charge is 0.340 e. The third-order valence-corrected chi connectivity index (χ3v) is 6.57. The second-order valence-electron chi connectivity index (χ2n) is 8.42. The number of carbonyl (C=O) groups is 4. The maximum Gasteiger partial charge on any atom is 0.340 e. The van der Waals surface area contributed by atoms with Gasteiger partial charge in [-0.05, 0) is 37.8 Å². The average Bonchev–Trinajstić information content (AvgIpc) is 2.76. The van der Waals surface area contributed by atoms with Crippen LogP contribution in [0.5, 0.6) is 0 Å². The van der Waals surface area contributed by atoms with Crippen LogP contribution in [-0.2, 0) is 35.7 Å². The van der Waals surface area contributed by atoms with E-state index in [4.69, 9.17) is 20.4 Å². The predicted octanol–water partition coefficient (Wildman–Crippen LogP) is -0.316. The van der Waals surface area contributed by atoms with Crippen LogP contribution >= 0.6 is 0 Å². The van der Waals surface area contributed by atoms with E-state index in [1.54, 1.807) is 0 Å². The first-order valence-corrected chi connectivity index (χ1v) is 12.6. The molecule has 1 unspecified atom stereocenters. The number of carbonyl (C=O) groups excluding carboxylic acids is 1. The summed E-state index contributed by atoms with van der Waals surface area (Å²) < 4.78 is 37.6. The van der Waals surface area contributed by atoms with Gasteiger partial charge in [0.1, 0.15) is 16.5 Å². The number of hydrogen-bond acceptors (Lipinski definition) is 10. The molecule has 15 nitrogen and oxygen atoms in total. The summed E-state index contributed by atoms with van der Waals surface area (Å²) in [5.74, 6) is -4.72. The van der Waals surface area contributed by atoms with Gasteiger partial charge in [0, 0.05) is 18.0 Å². The van der Waals surface area contributed by atoms with E-state index < -0.39 is 70.0 Å². The van der Waals surface area contributed by atoms with Crippen LogP contribution in [0.3, 0.4) is 0 Å². The summed E-state index contributed by atoms with van der Waals surface area (Å²) in [6, 6.07) is 0.760. The molecular formula is C22H27N3O12S. The maximum absolute atomic E-state index is 12.4. The van der Waals surface area contributed by atoms with Gasteiger partial charge in [-0.1, -0.05) is 0 Å². The Morgan fingerprint density at radius 1 is 1.08 bits per heavy atom. The molecule has 0 spiro atoms. The number of amides is 1. The highest BCUT2D eigenvalue weighted by Gasteiger charge is 2.28. The number of carboxylic acid groups (broad SMARTS) is 3. The Bertz CT molecular complexity index is 1400. The van der Waals surface area contributed by atoms with Crippen LogP contribution in [0.25, 0.3) is 11.0 Å². The lowest BCUT2D eigenvalue weighted by Crippen LogP contribution is -2.46. The molecule has 16 heteroatoms. The van der Waals surface area contributed by atoms with Gasteiger partial charge in [0.15, 0.2) is 0 Å². The SMILES string of the molecule is Cc1c(CC(=O)NCCCCC(C(=O)O)N(CC(=O)O)CC(=O)O)c(=O)oc2cc(N)c(S(=O)(=O)O)cc12. The number of aryl methyl sites for hydroxylation is 1. The van der Waals surface area contributed by atoms with Crippen LogP contribution in [-0.4, -0.2) is 82.7 Å². The summed E-state index contributed by atoms with van der Waals surface area (Å²) in [4.78, 5) is 58.5. The lowest BCUT2D eigenvalue weighted by atomic mass is 10.0. The van der Waals surface area contributed by atoms with Crippen LogP contribution < -0.4 is 16.7 Å². The van der Waals surface area contributed by atoms with Gasteiger partial charge in [0.2, 0.25) is 5.91 Å². The molecule has 2 aromatic rings. The van der Waals surface area contributed by atoms with Gasteiger partial charge in [0.05, 0.1) is 30.8 Å². The number of nitrogens with two attached hydrogens (primary N) is 1. The fourth-order valence-electron chi connectivity index (χ4n) is 3.86. The first-order valence-electron chi connectivity index (χ1n) is 11.1. The van der Waals surface area contributed by atoms with E-state index >= 15 is 0 Å². The Balaban J connectivity index is 2.04. The minimum Gasteiger partial charge on any atom is -0.480 e. The van der Waals surface area contributed by atoms with Crippen LogP contribution in [0.15, 0.2) is 26.2 Å². The van der Waals surface area contributed by atoms with E-state index in [9.17, 15) is 42.0 Å². The number of rotatable bonds is 14. The third kappa shape index (κ3) is 7.99. The second-order valence-corrected chi connectivity index (χ2v) is 9.81. The van der Waals surface area contributed by atoms with Crippen molar-refractivity contribution in [1.82, 2.24) is 10.2 Å². The van der Waals surface area contributed by atoms with Gasteiger partial charge in [-0.25, -0.2) is 4.79 Å². The van der Waals surface area contributed by atoms with Crippen molar-refractivity contribution >= 4 is 50.6 Å². The maximum atomic E-state index is 12.4. The quantitative estimate of drug-likeness (QED) is 0.0753. The number of unbranched alkanes of at least 4 members (excludes halogenated alkanes) is 1. The van der Waals surface area contributed by atoms with E-state index in [1.165, 1.54) is 6.92 Å². The van der Waals surface area contributed by atoms with Gasteiger partial charge in [-0.15, -0.1) is 0 Å².